The number of para-hydroxylation sites is 2. The second-order valence-electron chi connectivity index (χ2n) is 5.70. The van der Waals surface area contributed by atoms with Crippen LogP contribution in [0, 0.1) is 0 Å². The van der Waals surface area contributed by atoms with Crippen molar-refractivity contribution in [2.24, 2.45) is 0 Å². The molecular weight excluding hydrogens is 410 g/mol. The van der Waals surface area contributed by atoms with Gasteiger partial charge < -0.3 is 5.43 Å². The van der Waals surface area contributed by atoms with E-state index in [2.05, 4.69) is 20.8 Å². The Morgan fingerprint density at radius 2 is 1.50 bits per heavy atom. The maximum atomic E-state index is 13.1. The second-order valence-corrected chi connectivity index (χ2v) is 6.06. The van der Waals surface area contributed by atoms with Gasteiger partial charge in [0.1, 0.15) is 0 Å². The third-order valence-electron chi connectivity index (χ3n) is 3.76. The minimum absolute atomic E-state index is 0.0188. The van der Waals surface area contributed by atoms with E-state index < -0.39 is 30.0 Å². The standard InChI is InChI=1S/C17H11ClF6N4/c18-14-15(27-13-4-2-1-3-12(13)26-14)28-25-8-9-5-6-10(16(19,20)21)7-11(9)17(22,23)24/h1-7,25H,8H2,(H,27,28). The number of halogens is 7. The molecule has 1 heterocycles. The maximum Gasteiger partial charge on any atom is 0.416 e. The van der Waals surface area contributed by atoms with Crippen LogP contribution < -0.4 is 10.9 Å². The summed E-state index contributed by atoms with van der Waals surface area (Å²) >= 11 is 5.98. The van der Waals surface area contributed by atoms with E-state index in [1.54, 1.807) is 24.3 Å². The summed E-state index contributed by atoms with van der Waals surface area (Å²) in [7, 11) is 0. The van der Waals surface area contributed by atoms with E-state index in [1.807, 2.05) is 0 Å². The lowest BCUT2D eigenvalue weighted by Gasteiger charge is -2.17. The third-order valence-corrected chi connectivity index (χ3v) is 4.02. The van der Waals surface area contributed by atoms with Crippen molar-refractivity contribution in [2.75, 3.05) is 5.43 Å². The second kappa shape index (κ2) is 7.44. The van der Waals surface area contributed by atoms with E-state index in [9.17, 15) is 26.3 Å². The van der Waals surface area contributed by atoms with Crippen molar-refractivity contribution in [2.45, 2.75) is 18.9 Å². The Morgan fingerprint density at radius 1 is 0.857 bits per heavy atom. The van der Waals surface area contributed by atoms with Gasteiger partial charge in [-0.05, 0) is 29.8 Å². The first kappa shape index (κ1) is 20.2. The highest BCUT2D eigenvalue weighted by atomic mass is 35.5. The van der Waals surface area contributed by atoms with Crippen molar-refractivity contribution in [1.29, 1.82) is 0 Å². The van der Waals surface area contributed by atoms with E-state index in [0.29, 0.717) is 17.1 Å². The number of hydrogen-bond acceptors (Lipinski definition) is 4. The fraction of sp³-hybridized carbons (Fsp3) is 0.176. The number of benzene rings is 2. The fourth-order valence-corrected chi connectivity index (χ4v) is 2.63. The summed E-state index contributed by atoms with van der Waals surface area (Å²) in [6.07, 6.45) is -9.82. The highest BCUT2D eigenvalue weighted by molar-refractivity contribution is 6.32. The van der Waals surface area contributed by atoms with Gasteiger partial charge in [-0.1, -0.05) is 29.8 Å². The average Bonchev–Trinajstić information content (AvgIpc) is 2.60. The number of anilines is 1. The average molecular weight is 421 g/mol. The Hall–Kier alpha value is -2.59. The number of rotatable bonds is 4. The summed E-state index contributed by atoms with van der Waals surface area (Å²) in [6, 6.07) is 8.26. The third kappa shape index (κ3) is 4.45. The number of alkyl halides is 6. The van der Waals surface area contributed by atoms with Gasteiger partial charge in [0, 0.05) is 6.54 Å². The summed E-state index contributed by atoms with van der Waals surface area (Å²) in [6.45, 7) is -0.433. The molecule has 0 aliphatic heterocycles. The predicted octanol–water partition coefficient (Wildman–Crippen LogP) is 5.44. The van der Waals surface area contributed by atoms with E-state index in [1.165, 1.54) is 0 Å². The van der Waals surface area contributed by atoms with Crippen molar-refractivity contribution in [3.8, 4) is 0 Å². The molecule has 0 unspecified atom stereocenters. The Morgan fingerprint density at radius 3 is 2.11 bits per heavy atom. The van der Waals surface area contributed by atoms with Gasteiger partial charge in [-0.3, -0.25) is 0 Å². The molecule has 0 saturated carbocycles. The number of nitrogens with zero attached hydrogens (tertiary/aromatic N) is 2. The fourth-order valence-electron chi connectivity index (χ4n) is 2.45. The number of nitrogens with one attached hydrogen (secondary N) is 2. The van der Waals surface area contributed by atoms with Gasteiger partial charge >= 0.3 is 12.4 Å². The molecule has 4 nitrogen and oxygen atoms in total. The SMILES string of the molecule is FC(F)(F)c1ccc(CNNc2nc3ccccc3nc2Cl)c(C(F)(F)F)c1. The Balaban J connectivity index is 1.80. The van der Waals surface area contributed by atoms with Crippen LogP contribution in [0.15, 0.2) is 42.5 Å². The zero-order valence-corrected chi connectivity index (χ0v) is 14.5. The summed E-state index contributed by atoms with van der Waals surface area (Å²) in [5.74, 6) is 0.0702. The van der Waals surface area contributed by atoms with Gasteiger partial charge in [-0.15, -0.1) is 0 Å². The molecule has 148 valence electrons. The largest absolute Gasteiger partial charge is 0.416 e. The van der Waals surface area contributed by atoms with Crippen LogP contribution in [-0.4, -0.2) is 9.97 Å². The van der Waals surface area contributed by atoms with E-state index in [0.717, 1.165) is 6.07 Å². The number of hydrazine groups is 1. The quantitative estimate of drug-likeness (QED) is 0.436. The van der Waals surface area contributed by atoms with Crippen LogP contribution in [0.4, 0.5) is 32.2 Å². The maximum absolute atomic E-state index is 13.1. The molecule has 1 aromatic heterocycles. The van der Waals surface area contributed by atoms with Crippen LogP contribution in [0.1, 0.15) is 16.7 Å². The topological polar surface area (TPSA) is 49.8 Å². The Bertz CT molecular complexity index is 1000. The monoisotopic (exact) mass is 420 g/mol. The van der Waals surface area contributed by atoms with E-state index in [-0.39, 0.29) is 22.6 Å². The summed E-state index contributed by atoms with van der Waals surface area (Å²) in [5.41, 5.74) is 2.90. The van der Waals surface area contributed by atoms with Crippen LogP contribution in [0.25, 0.3) is 11.0 Å². The van der Waals surface area contributed by atoms with Gasteiger partial charge in [-0.2, -0.15) is 26.3 Å². The van der Waals surface area contributed by atoms with Gasteiger partial charge in [-0.25, -0.2) is 15.4 Å². The molecule has 3 rings (SSSR count). The summed E-state index contributed by atoms with van der Waals surface area (Å²) in [4.78, 5) is 8.28. The van der Waals surface area contributed by atoms with Crippen LogP contribution in [0.3, 0.4) is 0 Å². The van der Waals surface area contributed by atoms with Crippen molar-refractivity contribution < 1.29 is 26.3 Å². The molecule has 0 spiro atoms. The van der Waals surface area contributed by atoms with E-state index >= 15 is 0 Å². The molecule has 0 aliphatic rings. The zero-order valence-electron chi connectivity index (χ0n) is 13.8. The molecule has 0 bridgehead atoms. The lowest BCUT2D eigenvalue weighted by molar-refractivity contribution is -0.143. The lowest BCUT2D eigenvalue weighted by atomic mass is 10.0. The van der Waals surface area contributed by atoms with Gasteiger partial charge in [0.15, 0.2) is 11.0 Å². The van der Waals surface area contributed by atoms with Crippen molar-refractivity contribution in [1.82, 2.24) is 15.4 Å². The molecule has 28 heavy (non-hydrogen) atoms. The normalized spacial score (nSPS) is 12.4. The van der Waals surface area contributed by atoms with Crippen LogP contribution >= 0.6 is 11.6 Å². The molecule has 3 aromatic rings. The van der Waals surface area contributed by atoms with Crippen LogP contribution in [0.5, 0.6) is 0 Å². The van der Waals surface area contributed by atoms with E-state index in [4.69, 9.17) is 11.6 Å². The minimum Gasteiger partial charge on any atom is -0.303 e. The highest BCUT2D eigenvalue weighted by Gasteiger charge is 2.37. The van der Waals surface area contributed by atoms with Gasteiger partial charge in [0.25, 0.3) is 0 Å². The predicted molar refractivity (Wildman–Crippen MR) is 91.5 cm³/mol. The summed E-state index contributed by atoms with van der Waals surface area (Å²) < 4.78 is 77.6. The Kier molecular flexibility index (Phi) is 5.35. The molecule has 2 aromatic carbocycles. The van der Waals surface area contributed by atoms with Crippen LogP contribution in [0.2, 0.25) is 5.15 Å². The van der Waals surface area contributed by atoms with Crippen LogP contribution in [-0.2, 0) is 18.9 Å². The first-order valence-corrected chi connectivity index (χ1v) is 8.12. The molecule has 0 amide bonds. The van der Waals surface area contributed by atoms with Crippen molar-refractivity contribution >= 4 is 28.5 Å². The smallest absolute Gasteiger partial charge is 0.303 e. The molecule has 11 heteroatoms. The zero-order chi connectivity index (χ0) is 20.5. The molecule has 2 N–H and O–H groups in total. The lowest BCUT2D eigenvalue weighted by Crippen LogP contribution is -2.24. The first-order valence-electron chi connectivity index (χ1n) is 7.74. The number of fused-ring (bicyclic) bond motifs is 1. The number of hydrogen-bond donors (Lipinski definition) is 2. The number of aromatic nitrogens is 2. The molecular formula is C17H11ClF6N4. The molecule has 0 radical (unpaired) electrons. The van der Waals surface area contributed by atoms with Gasteiger partial charge in [0.2, 0.25) is 0 Å². The molecule has 0 fully saturated rings. The molecule has 0 saturated heterocycles. The molecule has 0 atom stereocenters. The Labute approximate surface area is 159 Å². The van der Waals surface area contributed by atoms with Crippen molar-refractivity contribution in [3.63, 3.8) is 0 Å². The first-order chi connectivity index (χ1) is 13.1. The van der Waals surface area contributed by atoms with Gasteiger partial charge in [0.05, 0.1) is 22.2 Å². The minimum atomic E-state index is -4.95. The highest BCUT2D eigenvalue weighted by Crippen LogP contribution is 2.37. The molecule has 0 aliphatic carbocycles. The van der Waals surface area contributed by atoms with Crippen molar-refractivity contribution in [3.05, 3.63) is 64.3 Å². The summed E-state index contributed by atoms with van der Waals surface area (Å²) in [5, 5.41) is -0.0188.